The van der Waals surface area contributed by atoms with Gasteiger partial charge in [0.05, 0.1) is 11.4 Å². The first-order valence-electron chi connectivity index (χ1n) is 9.23. The van der Waals surface area contributed by atoms with Gasteiger partial charge in [0.25, 0.3) is 0 Å². The molecule has 0 spiro atoms. The number of aromatic amines is 1. The van der Waals surface area contributed by atoms with Crippen LogP contribution in [0.5, 0.6) is 0 Å². The first-order chi connectivity index (χ1) is 13.2. The highest BCUT2D eigenvalue weighted by molar-refractivity contribution is 5.91. The summed E-state index contributed by atoms with van der Waals surface area (Å²) in [6.45, 7) is 4.66. The third kappa shape index (κ3) is 4.22. The molecule has 0 fully saturated rings. The lowest BCUT2D eigenvalue weighted by atomic mass is 10.2. The number of H-pyrrole nitrogens is 1. The number of nitrogens with one attached hydrogen (secondary N) is 3. The molecule has 3 N–H and O–H groups in total. The van der Waals surface area contributed by atoms with Crippen LogP contribution in [-0.4, -0.2) is 37.4 Å². The minimum Gasteiger partial charge on any atom is -0.326 e. The van der Waals surface area contributed by atoms with E-state index in [-0.39, 0.29) is 5.91 Å². The predicted octanol–water partition coefficient (Wildman–Crippen LogP) is 2.04. The standard InChI is InChI=1S/C19H23N7O/c1-13-21-19(24-23-13)14-3-5-15(6-4-14)22-18(27)8-7-16-11-17-12-20-9-2-10-26(17)25-16/h3-6,11,20H,2,7-10,12H2,1H3,(H,22,27)(H,21,23,24). The number of aromatic nitrogens is 5. The lowest BCUT2D eigenvalue weighted by molar-refractivity contribution is -0.116. The molecule has 2 aromatic heterocycles. The van der Waals surface area contributed by atoms with Gasteiger partial charge in [0, 0.05) is 37.2 Å². The topological polar surface area (TPSA) is 101 Å². The van der Waals surface area contributed by atoms with Crippen molar-refractivity contribution in [2.24, 2.45) is 0 Å². The van der Waals surface area contributed by atoms with E-state index < -0.39 is 0 Å². The van der Waals surface area contributed by atoms with Gasteiger partial charge in [-0.25, -0.2) is 4.98 Å². The van der Waals surface area contributed by atoms with Gasteiger partial charge in [0.15, 0.2) is 5.82 Å². The van der Waals surface area contributed by atoms with Crippen LogP contribution < -0.4 is 10.6 Å². The summed E-state index contributed by atoms with van der Waals surface area (Å²) in [5, 5.41) is 17.9. The summed E-state index contributed by atoms with van der Waals surface area (Å²) in [6.07, 6.45) is 2.13. The molecule has 0 saturated carbocycles. The van der Waals surface area contributed by atoms with Crippen molar-refractivity contribution in [2.75, 3.05) is 11.9 Å². The number of aryl methyl sites for hydroxylation is 3. The van der Waals surface area contributed by atoms with Crippen molar-refractivity contribution in [2.45, 2.75) is 39.3 Å². The van der Waals surface area contributed by atoms with Crippen LogP contribution >= 0.6 is 0 Å². The fraction of sp³-hybridized carbons (Fsp3) is 0.368. The zero-order valence-corrected chi connectivity index (χ0v) is 15.3. The minimum absolute atomic E-state index is 0.0159. The van der Waals surface area contributed by atoms with Crippen molar-refractivity contribution < 1.29 is 4.79 Å². The number of amides is 1. The van der Waals surface area contributed by atoms with E-state index in [1.807, 2.05) is 31.2 Å². The van der Waals surface area contributed by atoms with E-state index >= 15 is 0 Å². The summed E-state index contributed by atoms with van der Waals surface area (Å²) in [6, 6.07) is 9.63. The highest BCUT2D eigenvalue weighted by Gasteiger charge is 2.12. The highest BCUT2D eigenvalue weighted by Crippen LogP contribution is 2.18. The molecule has 8 heteroatoms. The van der Waals surface area contributed by atoms with Crippen LogP contribution in [0.2, 0.25) is 0 Å². The summed E-state index contributed by atoms with van der Waals surface area (Å²) in [7, 11) is 0. The Morgan fingerprint density at radius 2 is 2.15 bits per heavy atom. The van der Waals surface area contributed by atoms with E-state index in [9.17, 15) is 4.79 Å². The molecule has 3 heterocycles. The Hall–Kier alpha value is -3.00. The molecule has 140 valence electrons. The van der Waals surface area contributed by atoms with Crippen molar-refractivity contribution >= 4 is 11.6 Å². The molecule has 1 aromatic carbocycles. The third-order valence-corrected chi connectivity index (χ3v) is 4.58. The average molecular weight is 365 g/mol. The second kappa shape index (κ2) is 7.71. The largest absolute Gasteiger partial charge is 0.326 e. The monoisotopic (exact) mass is 365 g/mol. The third-order valence-electron chi connectivity index (χ3n) is 4.58. The van der Waals surface area contributed by atoms with Crippen molar-refractivity contribution in [3.05, 3.63) is 47.5 Å². The van der Waals surface area contributed by atoms with E-state index in [1.54, 1.807) is 0 Å². The Balaban J connectivity index is 1.31. The molecule has 4 rings (SSSR count). The first kappa shape index (κ1) is 17.4. The van der Waals surface area contributed by atoms with Crippen molar-refractivity contribution in [1.82, 2.24) is 30.3 Å². The summed E-state index contributed by atoms with van der Waals surface area (Å²) >= 11 is 0. The van der Waals surface area contributed by atoms with Gasteiger partial charge in [-0.3, -0.25) is 14.6 Å². The number of nitrogens with zero attached hydrogens (tertiary/aromatic N) is 4. The van der Waals surface area contributed by atoms with E-state index in [0.717, 1.165) is 48.8 Å². The van der Waals surface area contributed by atoms with Gasteiger partial charge in [-0.05, 0) is 50.2 Å². The molecule has 0 atom stereocenters. The molecule has 8 nitrogen and oxygen atoms in total. The Bertz CT molecular complexity index is 902. The van der Waals surface area contributed by atoms with Crippen LogP contribution in [0.4, 0.5) is 5.69 Å². The average Bonchev–Trinajstić information content (AvgIpc) is 3.21. The molecule has 3 aromatic rings. The van der Waals surface area contributed by atoms with Crippen LogP contribution in [0.15, 0.2) is 30.3 Å². The lowest BCUT2D eigenvalue weighted by Crippen LogP contribution is -2.13. The normalized spacial score (nSPS) is 13.8. The number of hydrogen-bond donors (Lipinski definition) is 3. The van der Waals surface area contributed by atoms with Gasteiger partial charge in [0.2, 0.25) is 5.91 Å². The number of carbonyl (C=O) groups excluding carboxylic acids is 1. The van der Waals surface area contributed by atoms with Crippen LogP contribution in [0.25, 0.3) is 11.4 Å². The molecular weight excluding hydrogens is 342 g/mol. The van der Waals surface area contributed by atoms with Crippen LogP contribution in [-0.2, 0) is 24.3 Å². The number of anilines is 1. The van der Waals surface area contributed by atoms with E-state index in [0.29, 0.717) is 18.7 Å². The summed E-state index contributed by atoms with van der Waals surface area (Å²) in [5.74, 6) is 1.41. The predicted molar refractivity (Wildman–Crippen MR) is 102 cm³/mol. The van der Waals surface area contributed by atoms with Crippen LogP contribution in [0, 0.1) is 6.92 Å². The van der Waals surface area contributed by atoms with Crippen molar-refractivity contribution in [1.29, 1.82) is 0 Å². The fourth-order valence-electron chi connectivity index (χ4n) is 3.18. The molecule has 27 heavy (non-hydrogen) atoms. The first-order valence-corrected chi connectivity index (χ1v) is 9.23. The maximum absolute atomic E-state index is 12.3. The van der Waals surface area contributed by atoms with Gasteiger partial charge in [-0.15, -0.1) is 0 Å². The van der Waals surface area contributed by atoms with Gasteiger partial charge < -0.3 is 10.6 Å². The Morgan fingerprint density at radius 1 is 1.30 bits per heavy atom. The summed E-state index contributed by atoms with van der Waals surface area (Å²) in [4.78, 5) is 16.6. The summed E-state index contributed by atoms with van der Waals surface area (Å²) in [5.41, 5.74) is 3.84. The maximum atomic E-state index is 12.3. The van der Waals surface area contributed by atoms with E-state index in [1.165, 1.54) is 5.69 Å². The van der Waals surface area contributed by atoms with Gasteiger partial charge in [-0.1, -0.05) is 0 Å². The van der Waals surface area contributed by atoms with E-state index in [2.05, 4.69) is 41.7 Å². The second-order valence-corrected chi connectivity index (χ2v) is 6.75. The zero-order valence-electron chi connectivity index (χ0n) is 15.3. The van der Waals surface area contributed by atoms with Crippen LogP contribution in [0.3, 0.4) is 0 Å². The molecule has 0 saturated heterocycles. The maximum Gasteiger partial charge on any atom is 0.224 e. The zero-order chi connectivity index (χ0) is 18.6. The van der Waals surface area contributed by atoms with Crippen molar-refractivity contribution in [3.8, 4) is 11.4 Å². The number of benzene rings is 1. The number of fused-ring (bicyclic) bond motifs is 1. The Labute approximate surface area is 157 Å². The quantitative estimate of drug-likeness (QED) is 0.642. The molecule has 1 aliphatic heterocycles. The Morgan fingerprint density at radius 3 is 2.93 bits per heavy atom. The number of rotatable bonds is 5. The molecule has 1 aliphatic rings. The van der Waals surface area contributed by atoms with E-state index in [4.69, 9.17) is 0 Å². The van der Waals surface area contributed by atoms with Gasteiger partial charge in [-0.2, -0.15) is 10.2 Å². The smallest absolute Gasteiger partial charge is 0.224 e. The molecule has 0 unspecified atom stereocenters. The van der Waals surface area contributed by atoms with Gasteiger partial charge in [0.1, 0.15) is 5.82 Å². The SMILES string of the molecule is Cc1nc(-c2ccc(NC(=O)CCc3cc4n(n3)CCCNC4)cc2)n[nH]1. The number of hydrogen-bond acceptors (Lipinski definition) is 5. The number of carbonyl (C=O) groups is 1. The minimum atomic E-state index is -0.0159. The molecular formula is C19H23N7O. The van der Waals surface area contributed by atoms with Gasteiger partial charge >= 0.3 is 0 Å². The molecule has 0 radical (unpaired) electrons. The fourth-order valence-corrected chi connectivity index (χ4v) is 3.18. The highest BCUT2D eigenvalue weighted by atomic mass is 16.1. The summed E-state index contributed by atoms with van der Waals surface area (Å²) < 4.78 is 2.05. The Kier molecular flexibility index (Phi) is 4.97. The lowest BCUT2D eigenvalue weighted by Gasteiger charge is -2.05. The molecule has 0 aliphatic carbocycles. The second-order valence-electron chi connectivity index (χ2n) is 6.75. The molecule has 0 bridgehead atoms. The van der Waals surface area contributed by atoms with Crippen molar-refractivity contribution in [3.63, 3.8) is 0 Å². The molecule has 1 amide bonds. The van der Waals surface area contributed by atoms with Crippen LogP contribution in [0.1, 0.15) is 30.1 Å².